The Hall–Kier alpha value is -1.43. The molecule has 31 heavy (non-hydrogen) atoms. The number of methoxy groups -OCH3 is 1. The topological polar surface area (TPSA) is 27.7 Å². The van der Waals surface area contributed by atoms with Gasteiger partial charge in [0.15, 0.2) is 11.6 Å². The molecule has 0 radical (unpaired) electrons. The van der Waals surface area contributed by atoms with Crippen LogP contribution in [-0.4, -0.2) is 32.9 Å². The number of fused-ring (bicyclic) bond motifs is 1. The lowest BCUT2D eigenvalue weighted by atomic mass is 9.77. The second-order valence-corrected chi connectivity index (χ2v) is 9.75. The van der Waals surface area contributed by atoms with E-state index in [1.807, 2.05) is 6.07 Å². The first-order valence-electron chi connectivity index (χ1n) is 11.9. The van der Waals surface area contributed by atoms with Crippen LogP contribution in [0.15, 0.2) is 12.1 Å². The minimum absolute atomic E-state index is 0.0744. The Morgan fingerprint density at radius 2 is 1.61 bits per heavy atom. The molecule has 0 N–H and O–H groups in total. The van der Waals surface area contributed by atoms with E-state index in [-0.39, 0.29) is 17.8 Å². The van der Waals surface area contributed by atoms with E-state index in [1.165, 1.54) is 6.07 Å². The molecule has 0 amide bonds. The van der Waals surface area contributed by atoms with Gasteiger partial charge in [-0.25, -0.2) is 13.2 Å². The molecular formula is C25H35F3O3. The van der Waals surface area contributed by atoms with Crippen molar-refractivity contribution >= 4 is 0 Å². The molecule has 0 spiro atoms. The number of benzene rings is 1. The second-order valence-electron chi connectivity index (χ2n) is 9.75. The summed E-state index contributed by atoms with van der Waals surface area (Å²) in [4.78, 5) is 0. The molecule has 4 rings (SSSR count). The van der Waals surface area contributed by atoms with Gasteiger partial charge in [0, 0.05) is 31.3 Å². The molecule has 3 nitrogen and oxygen atoms in total. The van der Waals surface area contributed by atoms with Crippen LogP contribution in [0, 0.1) is 29.5 Å². The van der Waals surface area contributed by atoms with E-state index in [9.17, 15) is 13.2 Å². The fourth-order valence-electron chi connectivity index (χ4n) is 5.65. The van der Waals surface area contributed by atoms with Gasteiger partial charge in [-0.05, 0) is 88.0 Å². The van der Waals surface area contributed by atoms with Crippen LogP contribution < -0.4 is 9.47 Å². The van der Waals surface area contributed by atoms with Crippen molar-refractivity contribution in [2.45, 2.75) is 76.7 Å². The van der Waals surface area contributed by atoms with E-state index in [1.54, 1.807) is 7.11 Å². The maximum atomic E-state index is 14.8. The van der Waals surface area contributed by atoms with Crippen LogP contribution in [0.2, 0.25) is 0 Å². The largest absolute Gasteiger partial charge is 0.493 e. The zero-order valence-corrected chi connectivity index (χ0v) is 18.5. The fourth-order valence-corrected chi connectivity index (χ4v) is 5.65. The molecule has 2 saturated carbocycles. The van der Waals surface area contributed by atoms with E-state index in [2.05, 4.69) is 0 Å². The molecular weight excluding hydrogens is 405 g/mol. The van der Waals surface area contributed by atoms with Crippen molar-refractivity contribution in [3.8, 4) is 11.5 Å². The van der Waals surface area contributed by atoms with Crippen LogP contribution in [0.5, 0.6) is 11.5 Å². The first kappa shape index (κ1) is 22.8. The SMILES string of the molecule is COCC1CCC(COc2cc(F)c3c(c2)CCC(C2CCC(C(F)F)CC2)O3)CC1. The van der Waals surface area contributed by atoms with Crippen molar-refractivity contribution in [1.29, 1.82) is 0 Å². The number of aryl methyl sites for hydroxylation is 1. The summed E-state index contributed by atoms with van der Waals surface area (Å²) in [6, 6.07) is 3.35. The Labute approximate surface area is 183 Å². The average molecular weight is 441 g/mol. The highest BCUT2D eigenvalue weighted by Crippen LogP contribution is 2.41. The van der Waals surface area contributed by atoms with E-state index in [0.29, 0.717) is 42.8 Å². The summed E-state index contributed by atoms with van der Waals surface area (Å²) in [6.07, 6.45) is 6.38. The van der Waals surface area contributed by atoms with Crippen LogP contribution in [0.1, 0.15) is 63.4 Å². The Morgan fingerprint density at radius 3 is 2.26 bits per heavy atom. The Bertz CT molecular complexity index is 710. The number of halogens is 3. The van der Waals surface area contributed by atoms with Crippen LogP contribution in [0.25, 0.3) is 0 Å². The lowest BCUT2D eigenvalue weighted by Gasteiger charge is -2.36. The lowest BCUT2D eigenvalue weighted by Crippen LogP contribution is -2.35. The van der Waals surface area contributed by atoms with E-state index < -0.39 is 12.3 Å². The van der Waals surface area contributed by atoms with Crippen LogP contribution >= 0.6 is 0 Å². The highest BCUT2D eigenvalue weighted by Gasteiger charge is 2.35. The number of alkyl halides is 2. The predicted molar refractivity (Wildman–Crippen MR) is 113 cm³/mol. The maximum absolute atomic E-state index is 14.8. The van der Waals surface area contributed by atoms with E-state index in [4.69, 9.17) is 14.2 Å². The van der Waals surface area contributed by atoms with Crippen molar-refractivity contribution in [3.05, 3.63) is 23.5 Å². The Balaban J connectivity index is 1.29. The van der Waals surface area contributed by atoms with Crippen LogP contribution in [0.3, 0.4) is 0 Å². The van der Waals surface area contributed by atoms with Gasteiger partial charge in [0.25, 0.3) is 0 Å². The summed E-state index contributed by atoms with van der Waals surface area (Å²) < 4.78 is 57.9. The van der Waals surface area contributed by atoms with Crippen molar-refractivity contribution in [1.82, 2.24) is 0 Å². The predicted octanol–water partition coefficient (Wildman–Crippen LogP) is 6.42. The van der Waals surface area contributed by atoms with Gasteiger partial charge in [-0.2, -0.15) is 0 Å². The number of rotatable bonds is 7. The molecule has 0 bridgehead atoms. The third-order valence-electron chi connectivity index (χ3n) is 7.61. The number of hydrogen-bond acceptors (Lipinski definition) is 3. The van der Waals surface area contributed by atoms with Gasteiger partial charge in [-0.1, -0.05) is 0 Å². The summed E-state index contributed by atoms with van der Waals surface area (Å²) >= 11 is 0. The first-order valence-corrected chi connectivity index (χ1v) is 11.9. The number of ether oxygens (including phenoxy) is 3. The highest BCUT2D eigenvalue weighted by atomic mass is 19.3. The van der Waals surface area contributed by atoms with Crippen LogP contribution in [0.4, 0.5) is 13.2 Å². The maximum Gasteiger partial charge on any atom is 0.241 e. The highest BCUT2D eigenvalue weighted by molar-refractivity contribution is 5.43. The summed E-state index contributed by atoms with van der Waals surface area (Å²) in [5.74, 6) is 1.45. The minimum atomic E-state index is -2.23. The van der Waals surface area contributed by atoms with E-state index >= 15 is 0 Å². The molecule has 2 fully saturated rings. The molecule has 1 aromatic rings. The summed E-state index contributed by atoms with van der Waals surface area (Å²) in [5, 5.41) is 0. The zero-order valence-electron chi connectivity index (χ0n) is 18.5. The molecule has 1 unspecified atom stereocenters. The van der Waals surface area contributed by atoms with Gasteiger partial charge in [-0.3, -0.25) is 0 Å². The molecule has 6 heteroatoms. The molecule has 0 aromatic heterocycles. The summed E-state index contributed by atoms with van der Waals surface area (Å²) in [6.45, 7) is 1.45. The molecule has 1 atom stereocenters. The van der Waals surface area contributed by atoms with Crippen LogP contribution in [-0.2, 0) is 11.2 Å². The normalized spacial score (nSPS) is 31.2. The Kier molecular flexibility index (Phi) is 7.68. The number of hydrogen-bond donors (Lipinski definition) is 0. The summed E-state index contributed by atoms with van der Waals surface area (Å²) in [5.41, 5.74) is 0.858. The molecule has 3 aliphatic rings. The smallest absolute Gasteiger partial charge is 0.241 e. The molecule has 1 heterocycles. The molecule has 174 valence electrons. The second kappa shape index (κ2) is 10.5. The van der Waals surface area contributed by atoms with Gasteiger partial charge in [0.05, 0.1) is 6.61 Å². The van der Waals surface area contributed by atoms with Gasteiger partial charge in [0.2, 0.25) is 6.43 Å². The fraction of sp³-hybridized carbons (Fsp3) is 0.760. The van der Waals surface area contributed by atoms with Gasteiger partial charge >= 0.3 is 0 Å². The van der Waals surface area contributed by atoms with E-state index in [0.717, 1.165) is 63.5 Å². The van der Waals surface area contributed by atoms with Crippen molar-refractivity contribution in [3.63, 3.8) is 0 Å². The quantitative estimate of drug-likeness (QED) is 0.489. The van der Waals surface area contributed by atoms with Gasteiger partial charge < -0.3 is 14.2 Å². The summed E-state index contributed by atoms with van der Waals surface area (Å²) in [7, 11) is 1.75. The third-order valence-corrected chi connectivity index (χ3v) is 7.61. The average Bonchev–Trinajstić information content (AvgIpc) is 2.79. The van der Waals surface area contributed by atoms with Gasteiger partial charge in [-0.15, -0.1) is 0 Å². The van der Waals surface area contributed by atoms with Crippen molar-refractivity contribution < 1.29 is 27.4 Å². The zero-order chi connectivity index (χ0) is 21.8. The minimum Gasteiger partial charge on any atom is -0.493 e. The lowest BCUT2D eigenvalue weighted by molar-refractivity contribution is 0.0186. The van der Waals surface area contributed by atoms with Crippen molar-refractivity contribution in [2.75, 3.05) is 20.3 Å². The monoisotopic (exact) mass is 440 g/mol. The standard InChI is InChI=1S/C25H35F3O3/c1-29-14-16-2-4-17(5-3-16)15-30-21-12-20-10-11-23(31-24(20)22(26)13-21)18-6-8-19(9-7-18)25(27)28/h12-13,16-19,23,25H,2-11,14-15H2,1H3. The molecule has 0 saturated heterocycles. The molecule has 1 aromatic carbocycles. The first-order chi connectivity index (χ1) is 15.0. The molecule has 2 aliphatic carbocycles. The molecule has 1 aliphatic heterocycles. The Morgan fingerprint density at radius 1 is 0.935 bits per heavy atom. The third kappa shape index (κ3) is 5.68. The van der Waals surface area contributed by atoms with Gasteiger partial charge in [0.1, 0.15) is 11.9 Å². The van der Waals surface area contributed by atoms with Crippen molar-refractivity contribution in [2.24, 2.45) is 23.7 Å².